The molecule has 4 aromatic carbocycles. The van der Waals surface area contributed by atoms with E-state index in [9.17, 15) is 9.18 Å². The highest BCUT2D eigenvalue weighted by Crippen LogP contribution is 2.32. The number of ether oxygens (including phenoxy) is 2. The van der Waals surface area contributed by atoms with Gasteiger partial charge in [-0.2, -0.15) is 0 Å². The van der Waals surface area contributed by atoms with Gasteiger partial charge in [0.05, 0.1) is 13.7 Å². The summed E-state index contributed by atoms with van der Waals surface area (Å²) in [5.41, 5.74) is 3.55. The van der Waals surface area contributed by atoms with E-state index in [0.717, 1.165) is 22.4 Å². The zero-order valence-corrected chi connectivity index (χ0v) is 19.1. The molecule has 3 nitrogen and oxygen atoms in total. The molecule has 0 aliphatic heterocycles. The normalized spacial score (nSPS) is 11.6. The summed E-state index contributed by atoms with van der Waals surface area (Å²) in [5, 5.41) is 0. The Labute approximate surface area is 199 Å². The molecule has 0 radical (unpaired) electrons. The third-order valence-corrected chi connectivity index (χ3v) is 5.83. The van der Waals surface area contributed by atoms with E-state index in [0.29, 0.717) is 30.8 Å². The van der Waals surface area contributed by atoms with Crippen LogP contribution in [-0.2, 0) is 0 Å². The number of hydrogen-bond donors (Lipinski definition) is 0. The fourth-order valence-electron chi connectivity index (χ4n) is 4.05. The van der Waals surface area contributed by atoms with E-state index >= 15 is 0 Å². The first-order valence-corrected chi connectivity index (χ1v) is 11.4. The third kappa shape index (κ3) is 5.70. The highest BCUT2D eigenvalue weighted by atomic mass is 19.1. The van der Waals surface area contributed by atoms with Crippen molar-refractivity contribution in [2.45, 2.75) is 18.8 Å². The van der Waals surface area contributed by atoms with Crippen molar-refractivity contribution in [3.8, 4) is 22.6 Å². The molecule has 0 bridgehead atoms. The number of ketones is 1. The molecule has 0 aliphatic carbocycles. The minimum absolute atomic E-state index is 0.0828. The number of rotatable bonds is 10. The fraction of sp³-hybridized carbons (Fsp3) is 0.167. The lowest BCUT2D eigenvalue weighted by molar-refractivity contribution is 0.0952. The Bertz CT molecular complexity index is 1200. The Kier molecular flexibility index (Phi) is 7.71. The number of halogens is 1. The van der Waals surface area contributed by atoms with Gasteiger partial charge in [0.1, 0.15) is 17.3 Å². The molecule has 4 rings (SSSR count). The SMILES string of the molecule is COc1ccc(-c2ccccc2C(=O)C(CCCOc2ccc(F)cc2)c2ccccc2)cc1. The Morgan fingerprint density at radius 2 is 1.44 bits per heavy atom. The first-order valence-electron chi connectivity index (χ1n) is 11.4. The lowest BCUT2D eigenvalue weighted by Crippen LogP contribution is -2.15. The zero-order valence-electron chi connectivity index (χ0n) is 19.1. The van der Waals surface area contributed by atoms with Crippen molar-refractivity contribution in [3.05, 3.63) is 120 Å². The number of benzene rings is 4. The molecular formula is C30H27FO3. The lowest BCUT2D eigenvalue weighted by Gasteiger charge is -2.19. The molecule has 0 fully saturated rings. The zero-order chi connectivity index (χ0) is 23.8. The van der Waals surface area contributed by atoms with E-state index in [2.05, 4.69) is 0 Å². The average molecular weight is 455 g/mol. The Balaban J connectivity index is 1.54. The van der Waals surface area contributed by atoms with E-state index < -0.39 is 0 Å². The highest BCUT2D eigenvalue weighted by Gasteiger charge is 2.24. The van der Waals surface area contributed by atoms with Crippen LogP contribution < -0.4 is 9.47 Å². The summed E-state index contributed by atoms with van der Waals surface area (Å²) >= 11 is 0. The molecule has 1 atom stereocenters. The van der Waals surface area contributed by atoms with Crippen LogP contribution in [0.5, 0.6) is 11.5 Å². The van der Waals surface area contributed by atoms with Crippen LogP contribution in [0.25, 0.3) is 11.1 Å². The molecule has 0 N–H and O–H groups in total. The van der Waals surface area contributed by atoms with Crippen LogP contribution >= 0.6 is 0 Å². The van der Waals surface area contributed by atoms with Crippen molar-refractivity contribution in [3.63, 3.8) is 0 Å². The van der Waals surface area contributed by atoms with Crippen molar-refractivity contribution in [2.24, 2.45) is 0 Å². The number of hydrogen-bond acceptors (Lipinski definition) is 3. The van der Waals surface area contributed by atoms with Crippen LogP contribution in [-0.4, -0.2) is 19.5 Å². The second-order valence-electron chi connectivity index (χ2n) is 8.05. The van der Waals surface area contributed by atoms with Crippen LogP contribution in [0, 0.1) is 5.82 Å². The van der Waals surface area contributed by atoms with Crippen LogP contribution in [0.2, 0.25) is 0 Å². The smallest absolute Gasteiger partial charge is 0.170 e. The van der Waals surface area contributed by atoms with Crippen LogP contribution in [0.3, 0.4) is 0 Å². The molecule has 0 saturated heterocycles. The Morgan fingerprint density at radius 3 is 2.15 bits per heavy atom. The maximum atomic E-state index is 13.9. The standard InChI is InChI=1S/C30H27FO3/c1-33-25-17-13-23(14-18-25)27-10-5-6-11-29(27)30(32)28(22-8-3-2-4-9-22)12-7-21-34-26-19-15-24(31)16-20-26/h2-6,8-11,13-20,28H,7,12,21H2,1H3. The third-order valence-electron chi connectivity index (χ3n) is 5.83. The molecule has 0 aromatic heterocycles. The van der Waals surface area contributed by atoms with Gasteiger partial charge in [-0.1, -0.05) is 66.7 Å². The van der Waals surface area contributed by atoms with Gasteiger partial charge < -0.3 is 9.47 Å². The molecule has 1 unspecified atom stereocenters. The fourth-order valence-corrected chi connectivity index (χ4v) is 4.05. The number of carbonyl (C=O) groups excluding carboxylic acids is 1. The molecule has 0 spiro atoms. The van der Waals surface area contributed by atoms with Crippen molar-refractivity contribution >= 4 is 5.78 Å². The van der Waals surface area contributed by atoms with Crippen molar-refractivity contribution in [1.29, 1.82) is 0 Å². The van der Waals surface area contributed by atoms with Gasteiger partial charge in [0.15, 0.2) is 5.78 Å². The van der Waals surface area contributed by atoms with Gasteiger partial charge in [-0.15, -0.1) is 0 Å². The quantitative estimate of drug-likeness (QED) is 0.186. The van der Waals surface area contributed by atoms with E-state index in [-0.39, 0.29) is 17.5 Å². The van der Waals surface area contributed by atoms with Crippen molar-refractivity contribution in [2.75, 3.05) is 13.7 Å². The highest BCUT2D eigenvalue weighted by molar-refractivity contribution is 6.06. The predicted molar refractivity (Wildman–Crippen MR) is 133 cm³/mol. The van der Waals surface area contributed by atoms with Gasteiger partial charge in [-0.05, 0) is 65.9 Å². The molecule has 0 saturated carbocycles. The lowest BCUT2D eigenvalue weighted by atomic mass is 9.84. The Hall–Kier alpha value is -3.92. The molecule has 0 aliphatic rings. The van der Waals surface area contributed by atoms with E-state index in [1.807, 2.05) is 78.9 Å². The molecule has 172 valence electrons. The first-order chi connectivity index (χ1) is 16.7. The summed E-state index contributed by atoms with van der Waals surface area (Å²) in [4.78, 5) is 13.9. The topological polar surface area (TPSA) is 35.5 Å². The minimum Gasteiger partial charge on any atom is -0.497 e. The molecule has 0 heterocycles. The number of carbonyl (C=O) groups is 1. The van der Waals surface area contributed by atoms with Gasteiger partial charge in [0.25, 0.3) is 0 Å². The minimum atomic E-state index is -0.294. The van der Waals surface area contributed by atoms with Gasteiger partial charge in [0, 0.05) is 11.5 Å². The molecule has 4 aromatic rings. The Morgan fingerprint density at radius 1 is 0.794 bits per heavy atom. The molecular weight excluding hydrogens is 427 g/mol. The summed E-state index contributed by atoms with van der Waals surface area (Å²) in [5.74, 6) is 0.888. The summed E-state index contributed by atoms with van der Waals surface area (Å²) in [6.07, 6.45) is 1.33. The predicted octanol–water partition coefficient (Wildman–Crippen LogP) is 7.33. The summed E-state index contributed by atoms with van der Waals surface area (Å²) in [6, 6.07) is 31.3. The second kappa shape index (κ2) is 11.3. The van der Waals surface area contributed by atoms with Gasteiger partial charge in [-0.3, -0.25) is 4.79 Å². The largest absolute Gasteiger partial charge is 0.497 e. The van der Waals surface area contributed by atoms with Gasteiger partial charge in [0.2, 0.25) is 0 Å². The molecule has 4 heteroatoms. The number of methoxy groups -OCH3 is 1. The van der Waals surface area contributed by atoms with Gasteiger partial charge >= 0.3 is 0 Å². The maximum absolute atomic E-state index is 13.9. The monoisotopic (exact) mass is 454 g/mol. The number of Topliss-reactive ketones (excluding diaryl/α,β-unsaturated/α-hetero) is 1. The summed E-state index contributed by atoms with van der Waals surface area (Å²) in [6.45, 7) is 0.447. The van der Waals surface area contributed by atoms with Crippen molar-refractivity contribution < 1.29 is 18.7 Å². The first kappa shape index (κ1) is 23.2. The summed E-state index contributed by atoms with van der Waals surface area (Å²) in [7, 11) is 1.64. The van der Waals surface area contributed by atoms with Crippen LogP contribution in [0.1, 0.15) is 34.7 Å². The van der Waals surface area contributed by atoms with Crippen LogP contribution in [0.4, 0.5) is 4.39 Å². The van der Waals surface area contributed by atoms with E-state index in [4.69, 9.17) is 9.47 Å². The average Bonchev–Trinajstić information content (AvgIpc) is 2.90. The molecule has 34 heavy (non-hydrogen) atoms. The summed E-state index contributed by atoms with van der Waals surface area (Å²) < 4.78 is 24.1. The maximum Gasteiger partial charge on any atom is 0.170 e. The van der Waals surface area contributed by atoms with E-state index in [1.54, 1.807) is 19.2 Å². The molecule has 0 amide bonds. The van der Waals surface area contributed by atoms with Crippen LogP contribution in [0.15, 0.2) is 103 Å². The second-order valence-corrected chi connectivity index (χ2v) is 8.05. The van der Waals surface area contributed by atoms with Crippen molar-refractivity contribution in [1.82, 2.24) is 0 Å². The van der Waals surface area contributed by atoms with Gasteiger partial charge in [-0.25, -0.2) is 4.39 Å². The van der Waals surface area contributed by atoms with E-state index in [1.165, 1.54) is 12.1 Å².